The monoisotopic (exact) mass is 272 g/mol. The van der Waals surface area contributed by atoms with Gasteiger partial charge in [-0.15, -0.1) is 0 Å². The van der Waals surface area contributed by atoms with Crippen molar-refractivity contribution in [3.63, 3.8) is 0 Å². The minimum atomic E-state index is -0.986. The first kappa shape index (κ1) is 12.7. The van der Waals surface area contributed by atoms with Gasteiger partial charge in [0.05, 0.1) is 11.9 Å². The number of fused-ring (bicyclic) bond motifs is 3. The molecule has 1 unspecified atom stereocenters. The van der Waals surface area contributed by atoms with Crippen molar-refractivity contribution in [3.05, 3.63) is 48.5 Å². The van der Waals surface area contributed by atoms with E-state index in [1.54, 1.807) is 0 Å². The predicted octanol–water partition coefficient (Wildman–Crippen LogP) is 4.50. The van der Waals surface area contributed by atoms with E-state index in [2.05, 4.69) is 37.3 Å². The molecule has 0 radical (unpaired) electrons. The van der Waals surface area contributed by atoms with Gasteiger partial charge in [0, 0.05) is 5.56 Å². The first-order chi connectivity index (χ1) is 9.40. The molecule has 0 bridgehead atoms. The van der Waals surface area contributed by atoms with Gasteiger partial charge < -0.3 is 9.05 Å². The van der Waals surface area contributed by atoms with Crippen molar-refractivity contribution in [3.8, 4) is 16.9 Å². The largest absolute Gasteiger partial charge is 0.443 e. The van der Waals surface area contributed by atoms with Crippen LogP contribution in [-0.4, -0.2) is 6.61 Å². The summed E-state index contributed by atoms with van der Waals surface area (Å²) in [6, 6.07) is 16.6. The predicted molar refractivity (Wildman–Crippen MR) is 79.9 cm³/mol. The summed E-state index contributed by atoms with van der Waals surface area (Å²) in [7, 11) is -0.986. The fraction of sp³-hybridized carbons (Fsp3) is 0.250. The Morgan fingerprint density at radius 3 is 2.58 bits per heavy atom. The summed E-state index contributed by atoms with van der Waals surface area (Å²) in [6.07, 6.45) is 2.22. The van der Waals surface area contributed by atoms with Crippen molar-refractivity contribution in [2.75, 3.05) is 6.61 Å². The normalized spacial score (nSPS) is 16.4. The third-order valence-corrected chi connectivity index (χ3v) is 4.73. The molecule has 3 rings (SSSR count). The molecule has 19 heavy (non-hydrogen) atoms. The van der Waals surface area contributed by atoms with Crippen molar-refractivity contribution >= 4 is 13.7 Å². The van der Waals surface area contributed by atoms with E-state index < -0.39 is 8.38 Å². The van der Waals surface area contributed by atoms with Gasteiger partial charge in [0.2, 0.25) is 0 Å². The van der Waals surface area contributed by atoms with Crippen LogP contribution in [0, 0.1) is 0 Å². The number of hydrogen-bond acceptors (Lipinski definition) is 2. The SMILES string of the molecule is CCCCOP1Oc2ccccc2-c2ccccc21. The Bertz CT molecular complexity index is 568. The van der Waals surface area contributed by atoms with E-state index in [0.29, 0.717) is 0 Å². The highest BCUT2D eigenvalue weighted by Crippen LogP contribution is 2.49. The van der Waals surface area contributed by atoms with E-state index in [-0.39, 0.29) is 0 Å². The zero-order valence-corrected chi connectivity index (χ0v) is 11.9. The Kier molecular flexibility index (Phi) is 3.82. The summed E-state index contributed by atoms with van der Waals surface area (Å²) in [6.45, 7) is 2.93. The van der Waals surface area contributed by atoms with Crippen LogP contribution in [0.2, 0.25) is 0 Å². The van der Waals surface area contributed by atoms with Crippen LogP contribution in [0.3, 0.4) is 0 Å². The molecule has 1 atom stereocenters. The number of benzene rings is 2. The fourth-order valence-corrected chi connectivity index (χ4v) is 3.68. The Hall–Kier alpha value is -1.37. The highest BCUT2D eigenvalue weighted by Gasteiger charge is 2.27. The van der Waals surface area contributed by atoms with Gasteiger partial charge in [0.1, 0.15) is 5.75 Å². The topological polar surface area (TPSA) is 18.5 Å². The second-order valence-corrected chi connectivity index (χ2v) is 5.99. The van der Waals surface area contributed by atoms with Crippen molar-refractivity contribution in [1.82, 2.24) is 0 Å². The molecular weight excluding hydrogens is 255 g/mol. The first-order valence-electron chi connectivity index (χ1n) is 6.69. The first-order valence-corrected chi connectivity index (χ1v) is 7.87. The number of para-hydroxylation sites is 1. The molecule has 0 spiro atoms. The fourth-order valence-electron chi connectivity index (χ4n) is 2.16. The summed E-state index contributed by atoms with van der Waals surface area (Å²) in [5.41, 5.74) is 2.41. The van der Waals surface area contributed by atoms with E-state index in [4.69, 9.17) is 9.05 Å². The molecule has 0 saturated carbocycles. The molecule has 1 aliphatic rings. The highest BCUT2D eigenvalue weighted by atomic mass is 31.2. The van der Waals surface area contributed by atoms with E-state index in [9.17, 15) is 0 Å². The third kappa shape index (κ3) is 2.51. The molecule has 98 valence electrons. The zero-order valence-electron chi connectivity index (χ0n) is 11.0. The summed E-state index contributed by atoms with van der Waals surface area (Å²) in [4.78, 5) is 0. The van der Waals surface area contributed by atoms with Gasteiger partial charge in [0.25, 0.3) is 8.38 Å². The third-order valence-electron chi connectivity index (χ3n) is 3.17. The molecule has 0 fully saturated rings. The molecule has 1 aliphatic heterocycles. The van der Waals surface area contributed by atoms with Crippen LogP contribution in [0.15, 0.2) is 48.5 Å². The maximum atomic E-state index is 6.05. The summed E-state index contributed by atoms with van der Waals surface area (Å²) in [5, 5.41) is 1.19. The lowest BCUT2D eigenvalue weighted by molar-refractivity contribution is 0.312. The maximum absolute atomic E-state index is 6.05. The minimum absolute atomic E-state index is 0.763. The highest BCUT2D eigenvalue weighted by molar-refractivity contribution is 7.56. The van der Waals surface area contributed by atoms with Crippen LogP contribution >= 0.6 is 8.38 Å². The summed E-state index contributed by atoms with van der Waals surface area (Å²) in [5.74, 6) is 0.934. The van der Waals surface area contributed by atoms with Crippen LogP contribution in [0.5, 0.6) is 5.75 Å². The maximum Gasteiger partial charge on any atom is 0.265 e. The van der Waals surface area contributed by atoms with Crippen LogP contribution in [0.4, 0.5) is 0 Å². The second kappa shape index (κ2) is 5.73. The van der Waals surface area contributed by atoms with Gasteiger partial charge in [-0.25, -0.2) is 0 Å². The molecule has 0 aliphatic carbocycles. The lowest BCUT2D eigenvalue weighted by Gasteiger charge is -2.27. The number of hydrogen-bond donors (Lipinski definition) is 0. The molecule has 3 heteroatoms. The molecule has 0 saturated heterocycles. The Morgan fingerprint density at radius 2 is 1.74 bits per heavy atom. The van der Waals surface area contributed by atoms with E-state index in [0.717, 1.165) is 30.8 Å². The standard InChI is InChI=1S/C16H17O2P/c1-2-3-12-17-19-16-11-7-5-9-14(16)13-8-4-6-10-15(13)18-19/h4-11H,2-3,12H2,1H3. The van der Waals surface area contributed by atoms with E-state index in [1.165, 1.54) is 10.9 Å². The van der Waals surface area contributed by atoms with Crippen molar-refractivity contribution < 1.29 is 9.05 Å². The van der Waals surface area contributed by atoms with Crippen molar-refractivity contribution in [1.29, 1.82) is 0 Å². The Labute approximate surface area is 115 Å². The van der Waals surface area contributed by atoms with Gasteiger partial charge in [0.15, 0.2) is 0 Å². The van der Waals surface area contributed by atoms with Crippen molar-refractivity contribution in [2.24, 2.45) is 0 Å². The van der Waals surface area contributed by atoms with Gasteiger partial charge >= 0.3 is 0 Å². The van der Waals surface area contributed by atoms with E-state index >= 15 is 0 Å². The number of unbranched alkanes of at least 4 members (excludes halogenated alkanes) is 1. The molecule has 0 N–H and O–H groups in total. The summed E-state index contributed by atoms with van der Waals surface area (Å²) < 4.78 is 12.0. The molecule has 1 heterocycles. The average Bonchev–Trinajstić information content (AvgIpc) is 2.47. The molecule has 2 nitrogen and oxygen atoms in total. The lowest BCUT2D eigenvalue weighted by Crippen LogP contribution is -2.15. The van der Waals surface area contributed by atoms with Crippen LogP contribution < -0.4 is 9.83 Å². The van der Waals surface area contributed by atoms with E-state index in [1.807, 2.05) is 18.2 Å². The van der Waals surface area contributed by atoms with Gasteiger partial charge in [-0.1, -0.05) is 49.7 Å². The molecule has 0 amide bonds. The smallest absolute Gasteiger partial charge is 0.265 e. The number of rotatable bonds is 4. The van der Waals surface area contributed by atoms with Crippen LogP contribution in [-0.2, 0) is 4.52 Å². The average molecular weight is 272 g/mol. The zero-order chi connectivity index (χ0) is 13.1. The molecular formula is C16H17O2P. The minimum Gasteiger partial charge on any atom is -0.443 e. The van der Waals surface area contributed by atoms with Crippen molar-refractivity contribution in [2.45, 2.75) is 19.8 Å². The molecule has 2 aromatic rings. The molecule has 2 aromatic carbocycles. The molecule has 0 aromatic heterocycles. The van der Waals surface area contributed by atoms with Crippen LogP contribution in [0.25, 0.3) is 11.1 Å². The quantitative estimate of drug-likeness (QED) is 0.602. The Balaban J connectivity index is 1.95. The Morgan fingerprint density at radius 1 is 1.00 bits per heavy atom. The van der Waals surface area contributed by atoms with Gasteiger partial charge in [-0.2, -0.15) is 0 Å². The second-order valence-electron chi connectivity index (χ2n) is 4.55. The van der Waals surface area contributed by atoms with Crippen LogP contribution in [0.1, 0.15) is 19.8 Å². The van der Waals surface area contributed by atoms with Gasteiger partial charge in [-0.05, 0) is 24.1 Å². The lowest BCUT2D eigenvalue weighted by atomic mass is 10.0. The van der Waals surface area contributed by atoms with Gasteiger partial charge in [-0.3, -0.25) is 0 Å². The summed E-state index contributed by atoms with van der Waals surface area (Å²) >= 11 is 0.